The fourth-order valence-corrected chi connectivity index (χ4v) is 3.94. The van der Waals surface area contributed by atoms with Crippen molar-refractivity contribution in [3.63, 3.8) is 0 Å². The van der Waals surface area contributed by atoms with E-state index in [9.17, 15) is 9.59 Å². The Morgan fingerprint density at radius 3 is 2.50 bits per heavy atom. The van der Waals surface area contributed by atoms with Gasteiger partial charge in [0.25, 0.3) is 5.91 Å². The third-order valence-electron chi connectivity index (χ3n) is 5.22. The zero-order chi connectivity index (χ0) is 16.6. The van der Waals surface area contributed by atoms with E-state index in [-0.39, 0.29) is 11.8 Å². The highest BCUT2D eigenvalue weighted by atomic mass is 16.2. The summed E-state index contributed by atoms with van der Waals surface area (Å²) in [5.41, 5.74) is 2.89. The lowest BCUT2D eigenvalue weighted by molar-refractivity contribution is -0.121. The zero-order valence-electron chi connectivity index (χ0n) is 13.5. The second-order valence-electron chi connectivity index (χ2n) is 6.68. The van der Waals surface area contributed by atoms with Crippen molar-refractivity contribution in [1.29, 1.82) is 0 Å². The van der Waals surface area contributed by atoms with Crippen LogP contribution in [0.4, 0.5) is 11.4 Å². The minimum Gasteiger partial charge on any atom is -0.325 e. The molecule has 24 heavy (non-hydrogen) atoms. The average Bonchev–Trinajstić information content (AvgIpc) is 2.88. The molecule has 0 unspecified atom stereocenters. The summed E-state index contributed by atoms with van der Waals surface area (Å²) in [7, 11) is 0. The number of fused-ring (bicyclic) bond motifs is 2. The number of rotatable bonds is 2. The van der Waals surface area contributed by atoms with Crippen molar-refractivity contribution in [2.45, 2.75) is 37.5 Å². The van der Waals surface area contributed by atoms with E-state index in [4.69, 9.17) is 0 Å². The lowest BCUT2D eigenvalue weighted by atomic mass is 9.70. The fourth-order valence-electron chi connectivity index (χ4n) is 3.94. The third kappa shape index (κ3) is 2.39. The predicted molar refractivity (Wildman–Crippen MR) is 94.2 cm³/mol. The number of carbonyl (C=O) groups is 2. The molecule has 1 fully saturated rings. The Kier molecular flexibility index (Phi) is 3.60. The number of nitrogens with one attached hydrogen (secondary N) is 2. The molecule has 122 valence electrons. The zero-order valence-corrected chi connectivity index (χ0v) is 13.5. The van der Waals surface area contributed by atoms with Gasteiger partial charge in [-0.15, -0.1) is 0 Å². The number of amides is 2. The van der Waals surface area contributed by atoms with Crippen molar-refractivity contribution >= 4 is 23.2 Å². The highest BCUT2D eigenvalue weighted by molar-refractivity contribution is 6.08. The summed E-state index contributed by atoms with van der Waals surface area (Å²) in [6, 6.07) is 14.9. The molecule has 4 nitrogen and oxygen atoms in total. The van der Waals surface area contributed by atoms with Gasteiger partial charge in [0.1, 0.15) is 0 Å². The second kappa shape index (κ2) is 5.78. The smallest absolute Gasteiger partial charge is 0.255 e. The summed E-state index contributed by atoms with van der Waals surface area (Å²) >= 11 is 0. The van der Waals surface area contributed by atoms with Gasteiger partial charge in [-0.1, -0.05) is 37.5 Å². The molecule has 4 heteroatoms. The molecule has 1 aliphatic heterocycles. The van der Waals surface area contributed by atoms with Gasteiger partial charge in [0, 0.05) is 16.9 Å². The normalized spacial score (nSPS) is 18.1. The van der Waals surface area contributed by atoms with Crippen LogP contribution in [-0.4, -0.2) is 11.8 Å². The lowest BCUT2D eigenvalue weighted by Gasteiger charge is -2.31. The summed E-state index contributed by atoms with van der Waals surface area (Å²) < 4.78 is 0. The molecule has 0 atom stereocenters. The van der Waals surface area contributed by atoms with Crippen LogP contribution >= 0.6 is 0 Å². The number of hydrogen-bond donors (Lipinski definition) is 2. The van der Waals surface area contributed by atoms with Crippen LogP contribution in [-0.2, 0) is 10.2 Å². The quantitative estimate of drug-likeness (QED) is 0.875. The molecular weight excluding hydrogens is 300 g/mol. The standard InChI is InChI=1S/C20H20N2O2/c23-18(14-7-3-1-4-8-14)21-15-9-10-17-16(13-15)20(19(24)22-17)11-5-2-6-12-20/h1,3-4,7-10,13H,2,5-6,11-12H2,(H,21,23)(H,22,24). The van der Waals surface area contributed by atoms with E-state index in [1.54, 1.807) is 12.1 Å². The van der Waals surface area contributed by atoms with Crippen LogP contribution in [0.15, 0.2) is 48.5 Å². The Morgan fingerprint density at radius 2 is 1.75 bits per heavy atom. The first-order chi connectivity index (χ1) is 11.7. The molecule has 4 rings (SSSR count). The van der Waals surface area contributed by atoms with E-state index < -0.39 is 5.41 Å². The van der Waals surface area contributed by atoms with E-state index in [0.29, 0.717) is 5.56 Å². The maximum Gasteiger partial charge on any atom is 0.255 e. The van der Waals surface area contributed by atoms with Gasteiger partial charge < -0.3 is 10.6 Å². The Labute approximate surface area is 141 Å². The average molecular weight is 320 g/mol. The monoisotopic (exact) mass is 320 g/mol. The van der Waals surface area contributed by atoms with Gasteiger partial charge in [0.15, 0.2) is 0 Å². The van der Waals surface area contributed by atoms with Crippen LogP contribution < -0.4 is 10.6 Å². The van der Waals surface area contributed by atoms with Crippen molar-refractivity contribution in [1.82, 2.24) is 0 Å². The van der Waals surface area contributed by atoms with E-state index in [2.05, 4.69) is 10.6 Å². The molecule has 0 saturated heterocycles. The molecule has 2 aliphatic rings. The van der Waals surface area contributed by atoms with Crippen LogP contribution in [0, 0.1) is 0 Å². The molecule has 0 bridgehead atoms. The van der Waals surface area contributed by atoms with Gasteiger partial charge in [-0.2, -0.15) is 0 Å². The Balaban J connectivity index is 1.64. The summed E-state index contributed by atoms with van der Waals surface area (Å²) in [6.07, 6.45) is 5.12. The molecule has 0 aromatic heterocycles. The van der Waals surface area contributed by atoms with Gasteiger partial charge in [-0.25, -0.2) is 0 Å². The summed E-state index contributed by atoms with van der Waals surface area (Å²) in [4.78, 5) is 24.9. The molecule has 2 aromatic rings. The Bertz CT molecular complexity index is 793. The van der Waals surface area contributed by atoms with Gasteiger partial charge in [0.2, 0.25) is 5.91 Å². The highest BCUT2D eigenvalue weighted by Crippen LogP contribution is 2.48. The number of benzene rings is 2. The molecule has 1 saturated carbocycles. The lowest BCUT2D eigenvalue weighted by Crippen LogP contribution is -2.36. The minimum absolute atomic E-state index is 0.115. The van der Waals surface area contributed by atoms with Crippen LogP contribution in [0.2, 0.25) is 0 Å². The summed E-state index contributed by atoms with van der Waals surface area (Å²) in [6.45, 7) is 0. The molecule has 1 heterocycles. The SMILES string of the molecule is O=C(Nc1ccc2c(c1)C1(CCCCC1)C(=O)N2)c1ccccc1. The molecular formula is C20H20N2O2. The molecule has 2 aromatic carbocycles. The maximum absolute atomic E-state index is 12.6. The minimum atomic E-state index is -0.402. The Morgan fingerprint density at radius 1 is 1.00 bits per heavy atom. The predicted octanol–water partition coefficient (Wildman–Crippen LogP) is 4.09. The summed E-state index contributed by atoms with van der Waals surface area (Å²) in [5.74, 6) is -0.0192. The van der Waals surface area contributed by atoms with Crippen molar-refractivity contribution in [3.05, 3.63) is 59.7 Å². The first-order valence-corrected chi connectivity index (χ1v) is 8.51. The number of hydrogen-bond acceptors (Lipinski definition) is 2. The van der Waals surface area contributed by atoms with Crippen molar-refractivity contribution in [3.8, 4) is 0 Å². The molecule has 0 radical (unpaired) electrons. The molecule has 1 spiro atoms. The molecule has 1 aliphatic carbocycles. The van der Waals surface area contributed by atoms with Crippen molar-refractivity contribution in [2.24, 2.45) is 0 Å². The van der Waals surface area contributed by atoms with E-state index in [1.807, 2.05) is 36.4 Å². The summed E-state index contributed by atoms with van der Waals surface area (Å²) in [5, 5.41) is 5.97. The van der Waals surface area contributed by atoms with Gasteiger partial charge in [-0.3, -0.25) is 9.59 Å². The number of anilines is 2. The second-order valence-corrected chi connectivity index (χ2v) is 6.68. The van der Waals surface area contributed by atoms with E-state index in [1.165, 1.54) is 6.42 Å². The Hall–Kier alpha value is -2.62. The first-order valence-electron chi connectivity index (χ1n) is 8.51. The van der Waals surface area contributed by atoms with Gasteiger partial charge >= 0.3 is 0 Å². The number of carbonyl (C=O) groups excluding carboxylic acids is 2. The van der Waals surface area contributed by atoms with Crippen LogP contribution in [0.5, 0.6) is 0 Å². The fraction of sp³-hybridized carbons (Fsp3) is 0.300. The maximum atomic E-state index is 12.6. The van der Waals surface area contributed by atoms with E-state index in [0.717, 1.165) is 42.6 Å². The van der Waals surface area contributed by atoms with E-state index >= 15 is 0 Å². The largest absolute Gasteiger partial charge is 0.325 e. The molecule has 2 N–H and O–H groups in total. The third-order valence-corrected chi connectivity index (χ3v) is 5.22. The molecule has 2 amide bonds. The van der Waals surface area contributed by atoms with Crippen LogP contribution in [0.1, 0.15) is 48.0 Å². The van der Waals surface area contributed by atoms with Crippen molar-refractivity contribution in [2.75, 3.05) is 10.6 Å². The highest BCUT2D eigenvalue weighted by Gasteiger charge is 2.47. The first kappa shape index (κ1) is 14.9. The van der Waals surface area contributed by atoms with Gasteiger partial charge in [0.05, 0.1) is 5.41 Å². The van der Waals surface area contributed by atoms with Crippen LogP contribution in [0.25, 0.3) is 0 Å². The topological polar surface area (TPSA) is 58.2 Å². The van der Waals surface area contributed by atoms with Crippen LogP contribution in [0.3, 0.4) is 0 Å². The van der Waals surface area contributed by atoms with Crippen molar-refractivity contribution < 1.29 is 9.59 Å². The van der Waals surface area contributed by atoms with Gasteiger partial charge in [-0.05, 0) is 48.7 Å².